The first-order chi connectivity index (χ1) is 12.8. The molecule has 0 bridgehead atoms. The number of rotatable bonds is 6. The lowest BCUT2D eigenvalue weighted by atomic mass is 10.0. The Kier molecular flexibility index (Phi) is 6.06. The van der Waals surface area contributed by atoms with E-state index in [0.29, 0.717) is 35.1 Å². The van der Waals surface area contributed by atoms with E-state index in [9.17, 15) is 20.4 Å². The minimum Gasteiger partial charge on any atom is -0.367 e. The molecule has 2 rings (SSSR count). The number of thioether (sulfide) groups is 1. The summed E-state index contributed by atoms with van der Waals surface area (Å²) in [6.07, 6.45) is 0.420. The summed E-state index contributed by atoms with van der Waals surface area (Å²) < 4.78 is 0. The first kappa shape index (κ1) is 20.2. The minimum absolute atomic E-state index is 0.141. The molecule has 0 aliphatic carbocycles. The lowest BCUT2D eigenvalue weighted by Crippen LogP contribution is -2.38. The van der Waals surface area contributed by atoms with Crippen LogP contribution in [0.5, 0.6) is 0 Å². The van der Waals surface area contributed by atoms with Crippen LogP contribution in [0.1, 0.15) is 29.2 Å². The van der Waals surface area contributed by atoms with Crippen LogP contribution in [0.3, 0.4) is 0 Å². The van der Waals surface area contributed by atoms with Gasteiger partial charge in [-0.1, -0.05) is 49.0 Å². The first-order valence-electron chi connectivity index (χ1n) is 8.11. The Balaban J connectivity index is 2.74. The van der Waals surface area contributed by atoms with Crippen molar-refractivity contribution in [3.8, 4) is 12.1 Å². The highest BCUT2D eigenvalue weighted by atomic mass is 32.2. The highest BCUT2D eigenvalue weighted by molar-refractivity contribution is 8.00. The molecule has 8 heteroatoms. The Morgan fingerprint density at radius 2 is 1.85 bits per heavy atom. The van der Waals surface area contributed by atoms with Crippen molar-refractivity contribution in [2.45, 2.75) is 23.3 Å². The van der Waals surface area contributed by atoms with E-state index in [1.807, 2.05) is 6.92 Å². The van der Waals surface area contributed by atoms with Crippen molar-refractivity contribution >= 4 is 23.5 Å². The lowest BCUT2D eigenvalue weighted by molar-refractivity contribution is -0.128. The Hall–Kier alpha value is -3.07. The van der Waals surface area contributed by atoms with Gasteiger partial charge in [0.05, 0.1) is 11.1 Å². The van der Waals surface area contributed by atoms with E-state index in [1.54, 1.807) is 49.3 Å². The van der Waals surface area contributed by atoms with Gasteiger partial charge in [-0.3, -0.25) is 4.79 Å². The second-order valence-electron chi connectivity index (χ2n) is 5.92. The number of nitriles is 2. The Morgan fingerprint density at radius 1 is 1.26 bits per heavy atom. The van der Waals surface area contributed by atoms with E-state index in [-0.39, 0.29) is 16.2 Å². The zero-order valence-electron chi connectivity index (χ0n) is 15.2. The van der Waals surface area contributed by atoms with Gasteiger partial charge >= 0.3 is 0 Å². The normalized spacial score (nSPS) is 12.5. The highest BCUT2D eigenvalue weighted by Gasteiger charge is 2.39. The molecule has 1 aromatic carbocycles. The number of primary amides is 1. The summed E-state index contributed by atoms with van der Waals surface area (Å²) in [4.78, 5) is 16.0. The number of nitrogens with zero attached hydrogens (tertiary/aromatic N) is 4. The zero-order valence-corrected chi connectivity index (χ0v) is 16.0. The van der Waals surface area contributed by atoms with Gasteiger partial charge < -0.3 is 15.7 Å². The number of hydrogen-bond donors (Lipinski definition) is 2. The third kappa shape index (κ3) is 3.72. The largest absolute Gasteiger partial charge is 0.367 e. The van der Waals surface area contributed by atoms with Crippen LogP contribution in [0, 0.1) is 22.7 Å². The molecule has 0 radical (unpaired) electrons. The number of aliphatic hydroxyl groups is 1. The van der Waals surface area contributed by atoms with Crippen molar-refractivity contribution in [2.24, 2.45) is 5.73 Å². The number of benzene rings is 1. The summed E-state index contributed by atoms with van der Waals surface area (Å²) in [5, 5.41) is 30.3. The topological polar surface area (TPSA) is 127 Å². The van der Waals surface area contributed by atoms with E-state index in [0.717, 1.165) is 0 Å². The van der Waals surface area contributed by atoms with Gasteiger partial charge in [-0.05, 0) is 12.0 Å². The number of carbonyl (C=O) groups is 1. The molecule has 2 aromatic rings. The summed E-state index contributed by atoms with van der Waals surface area (Å²) in [5.41, 5.74) is 6.73. The number of aromatic nitrogens is 1. The number of hydrogen-bond acceptors (Lipinski definition) is 7. The Bertz CT molecular complexity index is 947. The number of amides is 1. The number of pyridine rings is 1. The molecular formula is C19H19N5O2S. The maximum absolute atomic E-state index is 12.1. The molecule has 1 unspecified atom stereocenters. The highest BCUT2D eigenvalue weighted by Crippen LogP contribution is 2.42. The van der Waals surface area contributed by atoms with Gasteiger partial charge in [0.25, 0.3) is 5.91 Å². The molecule has 1 aromatic heterocycles. The first-order valence-corrected chi connectivity index (χ1v) is 8.92. The van der Waals surface area contributed by atoms with Gasteiger partial charge in [0, 0.05) is 19.7 Å². The van der Waals surface area contributed by atoms with E-state index in [1.165, 1.54) is 0 Å². The van der Waals surface area contributed by atoms with Crippen molar-refractivity contribution in [2.75, 3.05) is 19.0 Å². The summed E-state index contributed by atoms with van der Waals surface area (Å²) in [7, 11) is 3.45. The summed E-state index contributed by atoms with van der Waals surface area (Å²) in [5.74, 6) is -0.617. The molecule has 1 amide bonds. The quantitative estimate of drug-likeness (QED) is 0.577. The SMILES string of the molecule is CCc1c(C#N)c(SC(O)(C(N)=O)c2ccccc2)nc(N(C)C)c1C#N. The van der Waals surface area contributed by atoms with Crippen LogP contribution in [-0.2, 0) is 16.1 Å². The molecule has 1 atom stereocenters. The van der Waals surface area contributed by atoms with Crippen molar-refractivity contribution in [3.63, 3.8) is 0 Å². The Labute approximate surface area is 162 Å². The van der Waals surface area contributed by atoms with Crippen LogP contribution < -0.4 is 10.6 Å². The second-order valence-corrected chi connectivity index (χ2v) is 7.10. The van der Waals surface area contributed by atoms with Gasteiger partial charge in [-0.25, -0.2) is 4.98 Å². The van der Waals surface area contributed by atoms with Crippen LogP contribution in [0.4, 0.5) is 5.82 Å². The number of nitrogens with two attached hydrogens (primary N) is 1. The molecule has 0 fully saturated rings. The van der Waals surface area contributed by atoms with Crippen LogP contribution in [0.2, 0.25) is 0 Å². The van der Waals surface area contributed by atoms with Gasteiger partial charge in [0.15, 0.2) is 0 Å². The van der Waals surface area contributed by atoms with Crippen molar-refractivity contribution in [3.05, 3.63) is 52.6 Å². The minimum atomic E-state index is -2.11. The molecule has 0 aliphatic heterocycles. The monoisotopic (exact) mass is 381 g/mol. The maximum atomic E-state index is 12.1. The molecule has 7 nitrogen and oxygen atoms in total. The third-order valence-corrected chi connectivity index (χ3v) is 5.21. The fraction of sp³-hybridized carbons (Fsp3) is 0.263. The molecule has 1 heterocycles. The molecule has 27 heavy (non-hydrogen) atoms. The van der Waals surface area contributed by atoms with Crippen molar-refractivity contribution in [1.82, 2.24) is 4.98 Å². The predicted molar refractivity (Wildman–Crippen MR) is 103 cm³/mol. The Morgan fingerprint density at radius 3 is 2.30 bits per heavy atom. The third-order valence-electron chi connectivity index (χ3n) is 3.99. The smallest absolute Gasteiger partial charge is 0.265 e. The van der Waals surface area contributed by atoms with Gasteiger partial charge in [0.2, 0.25) is 4.93 Å². The van der Waals surface area contributed by atoms with E-state index < -0.39 is 10.8 Å². The molecule has 0 aliphatic rings. The van der Waals surface area contributed by atoms with Crippen LogP contribution in [0.15, 0.2) is 35.4 Å². The zero-order chi connectivity index (χ0) is 20.2. The molecule has 0 spiro atoms. The molecule has 0 saturated heterocycles. The average molecular weight is 381 g/mol. The molecule has 0 saturated carbocycles. The molecular weight excluding hydrogens is 362 g/mol. The molecule has 3 N–H and O–H groups in total. The molecule has 138 valence electrons. The summed E-state index contributed by atoms with van der Waals surface area (Å²) in [6.45, 7) is 1.82. The van der Waals surface area contributed by atoms with Crippen LogP contribution in [-0.4, -0.2) is 30.1 Å². The fourth-order valence-electron chi connectivity index (χ4n) is 2.64. The van der Waals surface area contributed by atoms with Crippen LogP contribution in [0.25, 0.3) is 0 Å². The average Bonchev–Trinajstić information content (AvgIpc) is 2.67. The van der Waals surface area contributed by atoms with E-state index in [2.05, 4.69) is 17.1 Å². The van der Waals surface area contributed by atoms with Crippen molar-refractivity contribution < 1.29 is 9.90 Å². The summed E-state index contributed by atoms with van der Waals surface area (Å²) in [6, 6.07) is 12.4. The fourth-order valence-corrected chi connectivity index (χ4v) is 3.67. The lowest BCUT2D eigenvalue weighted by Gasteiger charge is -2.26. The van der Waals surface area contributed by atoms with Crippen LogP contribution >= 0.6 is 11.8 Å². The van der Waals surface area contributed by atoms with Gasteiger partial charge in [-0.15, -0.1) is 0 Å². The van der Waals surface area contributed by atoms with E-state index in [4.69, 9.17) is 5.73 Å². The van der Waals surface area contributed by atoms with Crippen molar-refractivity contribution in [1.29, 1.82) is 10.5 Å². The second kappa shape index (κ2) is 8.09. The predicted octanol–water partition coefficient (Wildman–Crippen LogP) is 1.88. The number of carbonyl (C=O) groups excluding carboxylic acids is 1. The summed E-state index contributed by atoms with van der Waals surface area (Å²) >= 11 is 0.695. The van der Waals surface area contributed by atoms with Gasteiger partial charge in [-0.2, -0.15) is 10.5 Å². The maximum Gasteiger partial charge on any atom is 0.265 e. The standard InChI is InChI=1S/C19H19N5O2S/c1-4-13-14(10-20)16(24(2)3)23-17(15(13)11-21)27-19(26,18(22)25)12-8-6-5-7-9-12/h5-9,26H,4H2,1-3H3,(H2,22,25). The number of anilines is 1. The van der Waals surface area contributed by atoms with Gasteiger partial charge in [0.1, 0.15) is 23.0 Å². The van der Waals surface area contributed by atoms with E-state index >= 15 is 0 Å².